The molecular formula is C26H19ClN4OS. The number of fused-ring (bicyclic) bond motifs is 3. The number of hydrogen-bond donors (Lipinski definition) is 0. The van der Waals surface area contributed by atoms with E-state index in [9.17, 15) is 4.79 Å². The fraction of sp³-hybridized carbons (Fsp3) is 0.154. The number of Topliss-reactive ketones (excluding diaryl/α,β-unsaturated/α-hetero) is 1. The fourth-order valence-electron chi connectivity index (χ4n) is 4.46. The summed E-state index contributed by atoms with van der Waals surface area (Å²) >= 11 is 7.60. The number of carbonyl (C=O) groups excluding carboxylic acids is 1. The summed E-state index contributed by atoms with van der Waals surface area (Å²) in [6, 6.07) is 22.4. The van der Waals surface area contributed by atoms with E-state index in [-0.39, 0.29) is 11.7 Å². The predicted octanol–water partition coefficient (Wildman–Crippen LogP) is 6.14. The molecular weight excluding hydrogens is 452 g/mol. The van der Waals surface area contributed by atoms with E-state index in [1.54, 1.807) is 22.5 Å². The summed E-state index contributed by atoms with van der Waals surface area (Å²) < 4.78 is 1.63. The Morgan fingerprint density at radius 3 is 2.67 bits per heavy atom. The minimum atomic E-state index is 0.0889. The first-order chi connectivity index (χ1) is 16.1. The van der Waals surface area contributed by atoms with Crippen molar-refractivity contribution in [2.45, 2.75) is 29.7 Å². The Balaban J connectivity index is 1.27. The molecule has 5 aromatic rings. The van der Waals surface area contributed by atoms with Gasteiger partial charge in [-0.15, -0.1) is 5.10 Å². The Hall–Kier alpha value is -3.22. The summed E-state index contributed by atoms with van der Waals surface area (Å²) in [6.07, 6.45) is 2.94. The van der Waals surface area contributed by atoms with Crippen LogP contribution in [0.1, 0.15) is 39.5 Å². The van der Waals surface area contributed by atoms with Crippen molar-refractivity contribution in [3.8, 4) is 0 Å². The highest BCUT2D eigenvalue weighted by molar-refractivity contribution is 7.98. The van der Waals surface area contributed by atoms with Crippen LogP contribution in [0, 0.1) is 0 Å². The molecule has 5 nitrogen and oxygen atoms in total. The van der Waals surface area contributed by atoms with Gasteiger partial charge in [-0.3, -0.25) is 4.79 Å². The molecule has 162 valence electrons. The molecule has 0 aliphatic heterocycles. The van der Waals surface area contributed by atoms with Gasteiger partial charge in [0.1, 0.15) is 0 Å². The van der Waals surface area contributed by atoms with Gasteiger partial charge in [-0.2, -0.15) is 4.98 Å². The maximum Gasteiger partial charge on any atom is 0.253 e. The normalized spacial score (nSPS) is 15.8. The largest absolute Gasteiger partial charge is 0.294 e. The quantitative estimate of drug-likeness (QED) is 0.295. The lowest BCUT2D eigenvalue weighted by Crippen LogP contribution is -2.21. The van der Waals surface area contributed by atoms with E-state index in [4.69, 9.17) is 16.6 Å². The Kier molecular flexibility index (Phi) is 5.12. The zero-order chi connectivity index (χ0) is 22.4. The molecule has 7 heteroatoms. The van der Waals surface area contributed by atoms with Gasteiger partial charge < -0.3 is 0 Å². The molecule has 2 aromatic heterocycles. The van der Waals surface area contributed by atoms with E-state index in [1.165, 1.54) is 16.3 Å². The van der Waals surface area contributed by atoms with Crippen molar-refractivity contribution >= 4 is 45.7 Å². The fourth-order valence-corrected chi connectivity index (χ4v) is 5.41. The molecule has 1 aliphatic rings. The number of benzene rings is 3. The molecule has 1 aliphatic carbocycles. The average Bonchev–Trinajstić information content (AvgIpc) is 3.24. The Bertz CT molecular complexity index is 1510. The summed E-state index contributed by atoms with van der Waals surface area (Å²) in [5.41, 5.74) is 3.78. The lowest BCUT2D eigenvalue weighted by atomic mass is 9.82. The van der Waals surface area contributed by atoms with Crippen LogP contribution in [0.4, 0.5) is 0 Å². The van der Waals surface area contributed by atoms with Crippen molar-refractivity contribution in [2.24, 2.45) is 0 Å². The topological polar surface area (TPSA) is 60.2 Å². The predicted molar refractivity (Wildman–Crippen MR) is 131 cm³/mol. The minimum absolute atomic E-state index is 0.0889. The first-order valence-corrected chi connectivity index (χ1v) is 12.1. The van der Waals surface area contributed by atoms with Crippen molar-refractivity contribution < 1.29 is 4.79 Å². The van der Waals surface area contributed by atoms with Gasteiger partial charge in [-0.25, -0.2) is 9.50 Å². The standard InChI is InChI=1S/C26H19ClN4OS/c27-20-10-8-16(9-11-20)19-12-23-22(24(32)13-19)14-31-25(28-23)29-26(30-31)33-15-18-6-3-5-17-4-1-2-7-21(17)18/h1-11,14,19H,12-13,15H2/t19-/m0/s1. The zero-order valence-corrected chi connectivity index (χ0v) is 19.2. The number of halogens is 1. The van der Waals surface area contributed by atoms with E-state index >= 15 is 0 Å². The first-order valence-electron chi connectivity index (χ1n) is 10.8. The van der Waals surface area contributed by atoms with Crippen molar-refractivity contribution in [3.05, 3.63) is 100 Å². The third-order valence-corrected chi connectivity index (χ3v) is 7.28. The van der Waals surface area contributed by atoms with Gasteiger partial charge in [0.2, 0.25) is 5.16 Å². The van der Waals surface area contributed by atoms with E-state index in [1.807, 2.05) is 24.3 Å². The SMILES string of the molecule is O=C1C[C@@H](c2ccc(Cl)cc2)Cc2nc3nc(SCc4cccc5ccccc45)nn3cc21. The number of nitrogens with zero attached hydrogens (tertiary/aromatic N) is 4. The monoisotopic (exact) mass is 470 g/mol. The molecule has 0 fully saturated rings. The van der Waals surface area contributed by atoms with Crippen LogP contribution in [-0.2, 0) is 12.2 Å². The van der Waals surface area contributed by atoms with Crippen LogP contribution >= 0.6 is 23.4 Å². The maximum absolute atomic E-state index is 12.9. The molecule has 33 heavy (non-hydrogen) atoms. The second-order valence-electron chi connectivity index (χ2n) is 8.25. The van der Waals surface area contributed by atoms with Gasteiger partial charge in [0.05, 0.1) is 11.3 Å². The first kappa shape index (κ1) is 20.4. The zero-order valence-electron chi connectivity index (χ0n) is 17.6. The van der Waals surface area contributed by atoms with E-state index in [2.05, 4.69) is 52.5 Å². The highest BCUT2D eigenvalue weighted by atomic mass is 35.5. The van der Waals surface area contributed by atoms with Crippen molar-refractivity contribution in [2.75, 3.05) is 0 Å². The Morgan fingerprint density at radius 1 is 0.970 bits per heavy atom. The van der Waals surface area contributed by atoms with Gasteiger partial charge in [0.25, 0.3) is 5.78 Å². The smallest absolute Gasteiger partial charge is 0.253 e. The van der Waals surface area contributed by atoms with E-state index < -0.39 is 0 Å². The van der Waals surface area contributed by atoms with Crippen LogP contribution in [-0.4, -0.2) is 25.4 Å². The van der Waals surface area contributed by atoms with Crippen LogP contribution in [0.25, 0.3) is 16.6 Å². The highest BCUT2D eigenvalue weighted by Crippen LogP contribution is 2.33. The number of aromatic nitrogens is 4. The molecule has 0 bridgehead atoms. The van der Waals surface area contributed by atoms with Gasteiger partial charge >= 0.3 is 0 Å². The molecule has 0 N–H and O–H groups in total. The number of carbonyl (C=O) groups is 1. The van der Waals surface area contributed by atoms with Gasteiger partial charge in [-0.05, 0) is 46.4 Å². The maximum atomic E-state index is 12.9. The van der Waals surface area contributed by atoms with Crippen LogP contribution < -0.4 is 0 Å². The minimum Gasteiger partial charge on any atom is -0.294 e. The second kappa shape index (κ2) is 8.28. The lowest BCUT2D eigenvalue weighted by Gasteiger charge is -2.23. The van der Waals surface area contributed by atoms with E-state index in [0.29, 0.717) is 34.4 Å². The van der Waals surface area contributed by atoms with Gasteiger partial charge in [0.15, 0.2) is 5.78 Å². The second-order valence-corrected chi connectivity index (χ2v) is 9.63. The summed E-state index contributed by atoms with van der Waals surface area (Å²) in [7, 11) is 0. The van der Waals surface area contributed by atoms with Crippen LogP contribution in [0.15, 0.2) is 78.1 Å². The van der Waals surface area contributed by atoms with E-state index in [0.717, 1.165) is 17.0 Å². The molecule has 1 atom stereocenters. The molecule has 0 amide bonds. The van der Waals surface area contributed by atoms with Crippen LogP contribution in [0.5, 0.6) is 0 Å². The van der Waals surface area contributed by atoms with Crippen molar-refractivity contribution in [3.63, 3.8) is 0 Å². The van der Waals surface area contributed by atoms with Gasteiger partial charge in [-0.1, -0.05) is 78.0 Å². The molecule has 0 unspecified atom stereocenters. The molecule has 0 saturated carbocycles. The summed E-state index contributed by atoms with van der Waals surface area (Å²) in [4.78, 5) is 22.2. The Morgan fingerprint density at radius 2 is 1.79 bits per heavy atom. The number of rotatable bonds is 4. The number of ketones is 1. The van der Waals surface area contributed by atoms with Crippen LogP contribution in [0.3, 0.4) is 0 Å². The highest BCUT2D eigenvalue weighted by Gasteiger charge is 2.28. The molecule has 0 saturated heterocycles. The number of thioether (sulfide) groups is 1. The van der Waals surface area contributed by atoms with Crippen molar-refractivity contribution in [1.82, 2.24) is 19.6 Å². The third-order valence-electron chi connectivity index (χ3n) is 6.14. The Labute approximate surface area is 199 Å². The molecule has 2 heterocycles. The molecule has 0 spiro atoms. The van der Waals surface area contributed by atoms with Crippen molar-refractivity contribution in [1.29, 1.82) is 0 Å². The molecule has 6 rings (SSSR count). The average molecular weight is 471 g/mol. The molecule has 3 aromatic carbocycles. The number of hydrogen-bond acceptors (Lipinski definition) is 5. The summed E-state index contributed by atoms with van der Waals surface area (Å²) in [6.45, 7) is 0. The summed E-state index contributed by atoms with van der Waals surface area (Å²) in [5.74, 6) is 1.47. The van der Waals surface area contributed by atoms with Crippen LogP contribution in [0.2, 0.25) is 5.02 Å². The summed E-state index contributed by atoms with van der Waals surface area (Å²) in [5, 5.41) is 8.38. The molecule has 0 radical (unpaired) electrons. The third kappa shape index (κ3) is 3.90. The lowest BCUT2D eigenvalue weighted by molar-refractivity contribution is 0.0962. The van der Waals surface area contributed by atoms with Gasteiger partial charge in [0, 0.05) is 23.4 Å².